The molecule has 0 bridgehead atoms. The molecule has 0 radical (unpaired) electrons. The number of anilines is 1. The first-order valence-electron chi connectivity index (χ1n) is 5.65. The summed E-state index contributed by atoms with van der Waals surface area (Å²) in [7, 11) is -3.11. The second-order valence-corrected chi connectivity index (χ2v) is 6.73. The fraction of sp³-hybridized carbons (Fsp3) is 0.500. The van der Waals surface area contributed by atoms with E-state index in [1.807, 2.05) is 12.1 Å². The highest BCUT2D eigenvalue weighted by Gasteiger charge is 2.23. The Hall–Kier alpha value is -0.740. The van der Waals surface area contributed by atoms with Gasteiger partial charge < -0.3 is 4.90 Å². The topological polar surface area (TPSA) is 37.4 Å². The van der Waals surface area contributed by atoms with Gasteiger partial charge in [-0.1, -0.05) is 0 Å². The third kappa shape index (κ3) is 2.75. The van der Waals surface area contributed by atoms with E-state index in [4.69, 9.17) is 11.6 Å². The standard InChI is InChI=1S/C12H16ClNO2S/c1-17(15,16)12-6-4-10(5-7-12)14-8-2-3-11(14)9-13/h4-7,11H,2-3,8-9H2,1H3. The van der Waals surface area contributed by atoms with Gasteiger partial charge in [0.25, 0.3) is 0 Å². The highest BCUT2D eigenvalue weighted by molar-refractivity contribution is 7.90. The highest BCUT2D eigenvalue weighted by atomic mass is 35.5. The predicted molar refractivity (Wildman–Crippen MR) is 70.6 cm³/mol. The van der Waals surface area contributed by atoms with Gasteiger partial charge in [-0.3, -0.25) is 0 Å². The molecule has 1 aliphatic heterocycles. The molecule has 1 aliphatic rings. The van der Waals surface area contributed by atoms with Crippen molar-refractivity contribution in [3.05, 3.63) is 24.3 Å². The molecule has 0 aromatic heterocycles. The first kappa shape index (κ1) is 12.7. The molecule has 0 spiro atoms. The summed E-state index contributed by atoms with van der Waals surface area (Å²) >= 11 is 5.92. The molecule has 0 N–H and O–H groups in total. The normalized spacial score (nSPS) is 20.8. The lowest BCUT2D eigenvalue weighted by Crippen LogP contribution is -2.30. The summed E-state index contributed by atoms with van der Waals surface area (Å²) in [6.45, 7) is 0.996. The molecule has 1 aromatic rings. The van der Waals surface area contributed by atoms with Gasteiger partial charge >= 0.3 is 0 Å². The minimum absolute atomic E-state index is 0.364. The summed E-state index contributed by atoms with van der Waals surface area (Å²) in [5, 5.41) is 0. The highest BCUT2D eigenvalue weighted by Crippen LogP contribution is 2.27. The Morgan fingerprint density at radius 2 is 2.00 bits per heavy atom. The van der Waals surface area contributed by atoms with Crippen molar-refractivity contribution in [1.29, 1.82) is 0 Å². The molecule has 3 nitrogen and oxygen atoms in total. The van der Waals surface area contributed by atoms with Crippen LogP contribution in [0.3, 0.4) is 0 Å². The van der Waals surface area contributed by atoms with E-state index in [1.165, 1.54) is 6.26 Å². The Balaban J connectivity index is 2.24. The van der Waals surface area contributed by atoms with Crippen molar-refractivity contribution < 1.29 is 8.42 Å². The van der Waals surface area contributed by atoms with Crippen LogP contribution >= 0.6 is 11.6 Å². The average molecular weight is 274 g/mol. The average Bonchev–Trinajstić information content (AvgIpc) is 2.76. The summed E-state index contributed by atoms with van der Waals surface area (Å²) in [4.78, 5) is 2.61. The number of benzene rings is 1. The zero-order chi connectivity index (χ0) is 12.5. The molecule has 1 atom stereocenters. The summed E-state index contributed by atoms with van der Waals surface area (Å²) in [6, 6.07) is 7.42. The summed E-state index contributed by atoms with van der Waals surface area (Å²) < 4.78 is 22.7. The van der Waals surface area contributed by atoms with Crippen LogP contribution in [-0.4, -0.2) is 33.1 Å². The van der Waals surface area contributed by atoms with Gasteiger partial charge in [0.15, 0.2) is 9.84 Å². The Kier molecular flexibility index (Phi) is 3.64. The van der Waals surface area contributed by atoms with Gasteiger partial charge in [-0.2, -0.15) is 0 Å². The maximum atomic E-state index is 11.4. The van der Waals surface area contributed by atoms with Gasteiger partial charge in [0.05, 0.1) is 4.90 Å². The number of alkyl halides is 1. The molecule has 1 fully saturated rings. The molecule has 1 saturated heterocycles. The second-order valence-electron chi connectivity index (χ2n) is 4.41. The molecule has 94 valence electrons. The molecule has 2 rings (SSSR count). The van der Waals surface area contributed by atoms with Crippen LogP contribution in [0.1, 0.15) is 12.8 Å². The summed E-state index contributed by atoms with van der Waals surface area (Å²) in [5.41, 5.74) is 1.06. The van der Waals surface area contributed by atoms with E-state index in [-0.39, 0.29) is 0 Å². The maximum Gasteiger partial charge on any atom is 0.175 e. The molecule has 17 heavy (non-hydrogen) atoms. The SMILES string of the molecule is CS(=O)(=O)c1ccc(N2CCCC2CCl)cc1. The van der Waals surface area contributed by atoms with E-state index < -0.39 is 9.84 Å². The number of rotatable bonds is 3. The molecule has 1 heterocycles. The van der Waals surface area contributed by atoms with Crippen molar-refractivity contribution in [2.24, 2.45) is 0 Å². The van der Waals surface area contributed by atoms with E-state index >= 15 is 0 Å². The van der Waals surface area contributed by atoms with Crippen LogP contribution in [-0.2, 0) is 9.84 Å². The smallest absolute Gasteiger partial charge is 0.175 e. The van der Waals surface area contributed by atoms with Crippen LogP contribution < -0.4 is 4.90 Å². The minimum Gasteiger partial charge on any atom is -0.367 e. The number of nitrogens with zero attached hydrogens (tertiary/aromatic N) is 1. The molecule has 0 saturated carbocycles. The van der Waals surface area contributed by atoms with Gasteiger partial charge in [-0.15, -0.1) is 11.6 Å². The van der Waals surface area contributed by atoms with Crippen LogP contribution in [0, 0.1) is 0 Å². The lowest BCUT2D eigenvalue weighted by atomic mass is 10.2. The summed E-state index contributed by atoms with van der Waals surface area (Å²) in [5.74, 6) is 0.619. The van der Waals surface area contributed by atoms with Crippen molar-refractivity contribution >= 4 is 27.1 Å². The molecule has 5 heteroatoms. The van der Waals surface area contributed by atoms with Crippen molar-refractivity contribution in [3.8, 4) is 0 Å². The van der Waals surface area contributed by atoms with Crippen molar-refractivity contribution in [2.45, 2.75) is 23.8 Å². The Labute approximate surface area is 107 Å². The lowest BCUT2D eigenvalue weighted by Gasteiger charge is -2.25. The maximum absolute atomic E-state index is 11.4. The van der Waals surface area contributed by atoms with Crippen LogP contribution in [0.5, 0.6) is 0 Å². The number of hydrogen-bond acceptors (Lipinski definition) is 3. The third-order valence-electron chi connectivity index (χ3n) is 3.15. The van der Waals surface area contributed by atoms with Crippen molar-refractivity contribution in [2.75, 3.05) is 23.6 Å². The van der Waals surface area contributed by atoms with Crippen LogP contribution in [0.15, 0.2) is 29.2 Å². The van der Waals surface area contributed by atoms with E-state index in [0.717, 1.165) is 25.1 Å². The van der Waals surface area contributed by atoms with Gasteiger partial charge in [0, 0.05) is 30.4 Å². The first-order chi connectivity index (χ1) is 8.02. The zero-order valence-corrected chi connectivity index (χ0v) is 11.3. The molecule has 1 unspecified atom stereocenters. The molecule has 0 aliphatic carbocycles. The number of hydrogen-bond donors (Lipinski definition) is 0. The van der Waals surface area contributed by atoms with Crippen LogP contribution in [0.2, 0.25) is 0 Å². The Morgan fingerprint density at radius 1 is 1.35 bits per heavy atom. The minimum atomic E-state index is -3.11. The van der Waals surface area contributed by atoms with E-state index in [9.17, 15) is 8.42 Å². The molecular formula is C12H16ClNO2S. The second kappa shape index (κ2) is 4.86. The van der Waals surface area contributed by atoms with Crippen LogP contribution in [0.4, 0.5) is 5.69 Å². The zero-order valence-electron chi connectivity index (χ0n) is 9.77. The van der Waals surface area contributed by atoms with Crippen molar-refractivity contribution in [3.63, 3.8) is 0 Å². The fourth-order valence-electron chi connectivity index (χ4n) is 2.22. The molecule has 0 amide bonds. The number of sulfone groups is 1. The molecular weight excluding hydrogens is 258 g/mol. The Morgan fingerprint density at radius 3 is 2.53 bits per heavy atom. The van der Waals surface area contributed by atoms with Gasteiger partial charge in [-0.05, 0) is 37.1 Å². The quantitative estimate of drug-likeness (QED) is 0.793. The predicted octanol–water partition coefficient (Wildman–Crippen LogP) is 2.30. The fourth-order valence-corrected chi connectivity index (χ4v) is 3.17. The lowest BCUT2D eigenvalue weighted by molar-refractivity contribution is 0.602. The van der Waals surface area contributed by atoms with E-state index in [1.54, 1.807) is 12.1 Å². The Bertz CT molecular complexity index is 484. The van der Waals surface area contributed by atoms with Crippen molar-refractivity contribution in [1.82, 2.24) is 0 Å². The van der Waals surface area contributed by atoms with Gasteiger partial charge in [0.2, 0.25) is 0 Å². The number of halogens is 1. The third-order valence-corrected chi connectivity index (χ3v) is 4.64. The van der Waals surface area contributed by atoms with Crippen LogP contribution in [0.25, 0.3) is 0 Å². The molecule has 1 aromatic carbocycles. The summed E-state index contributed by atoms with van der Waals surface area (Å²) in [6.07, 6.45) is 3.47. The van der Waals surface area contributed by atoms with E-state index in [2.05, 4.69) is 4.90 Å². The van der Waals surface area contributed by atoms with Gasteiger partial charge in [-0.25, -0.2) is 8.42 Å². The van der Waals surface area contributed by atoms with Gasteiger partial charge in [0.1, 0.15) is 0 Å². The first-order valence-corrected chi connectivity index (χ1v) is 8.07. The largest absolute Gasteiger partial charge is 0.367 e. The monoisotopic (exact) mass is 273 g/mol. The van der Waals surface area contributed by atoms with E-state index in [0.29, 0.717) is 16.8 Å².